The lowest BCUT2D eigenvalue weighted by molar-refractivity contribution is 0.340. The molecule has 26 heavy (non-hydrogen) atoms. The lowest BCUT2D eigenvalue weighted by Crippen LogP contribution is -2.08. The summed E-state index contributed by atoms with van der Waals surface area (Å²) in [5, 5.41) is 6.48. The van der Waals surface area contributed by atoms with Crippen LogP contribution in [0, 0.1) is 6.92 Å². The quantitative estimate of drug-likeness (QED) is 0.595. The van der Waals surface area contributed by atoms with Gasteiger partial charge in [-0.1, -0.05) is 29.8 Å². The maximum absolute atomic E-state index is 6.22. The van der Waals surface area contributed by atoms with Crippen LogP contribution in [0.3, 0.4) is 0 Å². The van der Waals surface area contributed by atoms with Gasteiger partial charge >= 0.3 is 0 Å². The van der Waals surface area contributed by atoms with Crippen LogP contribution in [0.5, 0.6) is 5.75 Å². The smallest absolute Gasteiger partial charge is 0.159 e. The van der Waals surface area contributed by atoms with Crippen molar-refractivity contribution in [1.82, 2.24) is 9.97 Å². The maximum Gasteiger partial charge on any atom is 0.159 e. The van der Waals surface area contributed by atoms with Crippen molar-refractivity contribution in [3.8, 4) is 5.75 Å². The van der Waals surface area contributed by atoms with E-state index in [2.05, 4.69) is 51.8 Å². The van der Waals surface area contributed by atoms with E-state index in [1.807, 2.05) is 31.2 Å². The van der Waals surface area contributed by atoms with E-state index in [0.717, 1.165) is 17.0 Å². The first-order valence-corrected chi connectivity index (χ1v) is 8.55. The molecule has 6 heteroatoms. The van der Waals surface area contributed by atoms with E-state index in [4.69, 9.17) is 10.5 Å². The van der Waals surface area contributed by atoms with Crippen molar-refractivity contribution in [2.75, 3.05) is 23.0 Å². The van der Waals surface area contributed by atoms with Gasteiger partial charge in [-0.3, -0.25) is 0 Å². The average molecular weight is 349 g/mol. The van der Waals surface area contributed by atoms with Crippen LogP contribution >= 0.6 is 0 Å². The van der Waals surface area contributed by atoms with E-state index in [1.54, 1.807) is 0 Å². The molecule has 0 aliphatic carbocycles. The van der Waals surface area contributed by atoms with Gasteiger partial charge in [0.1, 0.15) is 17.8 Å². The Morgan fingerprint density at radius 1 is 0.962 bits per heavy atom. The number of nitrogens with zero attached hydrogens (tertiary/aromatic N) is 2. The summed E-state index contributed by atoms with van der Waals surface area (Å²) < 4.78 is 5.45. The highest BCUT2D eigenvalue weighted by Crippen LogP contribution is 2.27. The fraction of sp³-hybridized carbons (Fsp3) is 0.200. The molecule has 2 aromatic carbocycles. The number of rotatable bonds is 7. The van der Waals surface area contributed by atoms with Gasteiger partial charge in [0.2, 0.25) is 0 Å². The molecule has 0 unspecified atom stereocenters. The zero-order chi connectivity index (χ0) is 18.4. The maximum atomic E-state index is 6.22. The minimum absolute atomic E-state index is 0.480. The Morgan fingerprint density at radius 3 is 2.35 bits per heavy atom. The van der Waals surface area contributed by atoms with Crippen molar-refractivity contribution in [1.29, 1.82) is 0 Å². The second-order valence-corrected chi connectivity index (χ2v) is 5.91. The summed E-state index contributed by atoms with van der Waals surface area (Å²) in [6, 6.07) is 16.0. The van der Waals surface area contributed by atoms with E-state index >= 15 is 0 Å². The number of nitrogens with one attached hydrogen (secondary N) is 2. The molecule has 3 rings (SSSR count). The monoisotopic (exact) mass is 349 g/mol. The van der Waals surface area contributed by atoms with Gasteiger partial charge < -0.3 is 21.1 Å². The molecule has 4 N–H and O–H groups in total. The van der Waals surface area contributed by atoms with Gasteiger partial charge in [-0.25, -0.2) is 9.97 Å². The minimum Gasteiger partial charge on any atom is -0.494 e. The Labute approximate surface area is 153 Å². The van der Waals surface area contributed by atoms with Crippen molar-refractivity contribution in [2.24, 2.45) is 0 Å². The van der Waals surface area contributed by atoms with Crippen molar-refractivity contribution >= 4 is 23.0 Å². The lowest BCUT2D eigenvalue weighted by atomic mass is 10.1. The van der Waals surface area contributed by atoms with E-state index in [1.165, 1.54) is 11.9 Å². The van der Waals surface area contributed by atoms with Gasteiger partial charge in [-0.05, 0) is 43.7 Å². The molecule has 1 aromatic heterocycles. The standard InChI is InChI=1S/C20H23N5O/c1-3-26-17-10-8-16(9-11-17)25-20-18(21)19(23-13-24-20)22-12-15-6-4-14(2)5-7-15/h4-11,13H,3,12,21H2,1-2H3,(H2,22,23,24,25). The fourth-order valence-electron chi connectivity index (χ4n) is 2.47. The van der Waals surface area contributed by atoms with Gasteiger partial charge in [0.15, 0.2) is 11.6 Å². The highest BCUT2D eigenvalue weighted by Gasteiger charge is 2.08. The topological polar surface area (TPSA) is 85.1 Å². The minimum atomic E-state index is 0.480. The van der Waals surface area contributed by atoms with E-state index in [0.29, 0.717) is 30.5 Å². The predicted molar refractivity (Wildman–Crippen MR) is 106 cm³/mol. The zero-order valence-electron chi connectivity index (χ0n) is 15.0. The number of aromatic nitrogens is 2. The van der Waals surface area contributed by atoms with Gasteiger partial charge in [0.05, 0.1) is 6.61 Å². The first-order valence-electron chi connectivity index (χ1n) is 8.55. The van der Waals surface area contributed by atoms with Crippen LogP contribution in [-0.4, -0.2) is 16.6 Å². The highest BCUT2D eigenvalue weighted by atomic mass is 16.5. The van der Waals surface area contributed by atoms with Crippen LogP contribution in [0.4, 0.5) is 23.0 Å². The third kappa shape index (κ3) is 4.42. The summed E-state index contributed by atoms with van der Waals surface area (Å²) in [6.45, 7) is 5.31. The molecule has 1 heterocycles. The summed E-state index contributed by atoms with van der Waals surface area (Å²) in [5.74, 6) is 2.00. The number of nitrogen functional groups attached to an aromatic ring is 1. The molecule has 134 valence electrons. The molecular formula is C20H23N5O. The third-order valence-electron chi connectivity index (χ3n) is 3.89. The van der Waals surface area contributed by atoms with Gasteiger partial charge in [-0.15, -0.1) is 0 Å². The number of hydrogen-bond acceptors (Lipinski definition) is 6. The molecule has 0 saturated heterocycles. The molecule has 0 spiro atoms. The summed E-state index contributed by atoms with van der Waals surface area (Å²) >= 11 is 0. The predicted octanol–water partition coefficient (Wildman–Crippen LogP) is 4.12. The molecule has 0 aliphatic heterocycles. The Hall–Kier alpha value is -3.28. The molecule has 0 bridgehead atoms. The van der Waals surface area contributed by atoms with E-state index in [9.17, 15) is 0 Å². The first-order chi connectivity index (χ1) is 12.7. The van der Waals surface area contributed by atoms with Crippen LogP contribution in [0.25, 0.3) is 0 Å². The number of hydrogen-bond donors (Lipinski definition) is 3. The van der Waals surface area contributed by atoms with Crippen LogP contribution in [0.15, 0.2) is 54.9 Å². The summed E-state index contributed by atoms with van der Waals surface area (Å²) in [7, 11) is 0. The third-order valence-corrected chi connectivity index (χ3v) is 3.89. The first kappa shape index (κ1) is 17.5. The van der Waals surface area contributed by atoms with Crippen LogP contribution in [0.1, 0.15) is 18.1 Å². The number of ether oxygens (including phenoxy) is 1. The Balaban J connectivity index is 1.69. The largest absolute Gasteiger partial charge is 0.494 e. The average Bonchev–Trinajstić information content (AvgIpc) is 2.65. The number of anilines is 4. The Morgan fingerprint density at radius 2 is 1.65 bits per heavy atom. The Kier molecular flexibility index (Phi) is 5.53. The van der Waals surface area contributed by atoms with Crippen LogP contribution in [0.2, 0.25) is 0 Å². The molecule has 6 nitrogen and oxygen atoms in total. The number of benzene rings is 2. The van der Waals surface area contributed by atoms with E-state index in [-0.39, 0.29) is 0 Å². The van der Waals surface area contributed by atoms with Crippen molar-refractivity contribution < 1.29 is 4.74 Å². The number of nitrogens with two attached hydrogens (primary N) is 1. The zero-order valence-corrected chi connectivity index (χ0v) is 15.0. The van der Waals surface area contributed by atoms with E-state index < -0.39 is 0 Å². The number of aryl methyl sites for hydroxylation is 1. The molecule has 0 amide bonds. The molecule has 0 saturated carbocycles. The van der Waals surface area contributed by atoms with Crippen molar-refractivity contribution in [2.45, 2.75) is 20.4 Å². The molecule has 0 radical (unpaired) electrons. The highest BCUT2D eigenvalue weighted by molar-refractivity contribution is 5.77. The lowest BCUT2D eigenvalue weighted by Gasteiger charge is -2.13. The van der Waals surface area contributed by atoms with Crippen LogP contribution in [-0.2, 0) is 6.54 Å². The normalized spacial score (nSPS) is 10.4. The second-order valence-electron chi connectivity index (χ2n) is 5.91. The van der Waals surface area contributed by atoms with Gasteiger partial charge in [0.25, 0.3) is 0 Å². The Bertz CT molecular complexity index is 847. The van der Waals surface area contributed by atoms with Crippen molar-refractivity contribution in [3.63, 3.8) is 0 Å². The molecule has 3 aromatic rings. The molecule has 0 fully saturated rings. The van der Waals surface area contributed by atoms with Gasteiger partial charge in [-0.2, -0.15) is 0 Å². The molecule has 0 atom stereocenters. The van der Waals surface area contributed by atoms with Gasteiger partial charge in [0, 0.05) is 12.2 Å². The SMILES string of the molecule is CCOc1ccc(Nc2ncnc(NCc3ccc(C)cc3)c2N)cc1. The van der Waals surface area contributed by atoms with Crippen molar-refractivity contribution in [3.05, 3.63) is 66.0 Å². The molecule has 0 aliphatic rings. The fourth-order valence-corrected chi connectivity index (χ4v) is 2.47. The summed E-state index contributed by atoms with van der Waals surface area (Å²) in [6.07, 6.45) is 1.49. The summed E-state index contributed by atoms with van der Waals surface area (Å²) in [4.78, 5) is 8.49. The van der Waals surface area contributed by atoms with Crippen LogP contribution < -0.4 is 21.1 Å². The second kappa shape index (κ2) is 8.20. The summed E-state index contributed by atoms with van der Waals surface area (Å²) in [5.41, 5.74) is 9.98. The molecular weight excluding hydrogens is 326 g/mol.